The average Bonchev–Trinajstić information content (AvgIpc) is 3.22. The van der Waals surface area contributed by atoms with Gasteiger partial charge in [-0.3, -0.25) is 4.68 Å². The number of nitrogens with zero attached hydrogens (tertiary/aromatic N) is 3. The Bertz CT molecular complexity index is 833. The van der Waals surface area contributed by atoms with Crippen molar-refractivity contribution in [2.24, 2.45) is 0 Å². The molecule has 3 aromatic rings. The zero-order valence-corrected chi connectivity index (χ0v) is 13.5. The van der Waals surface area contributed by atoms with Gasteiger partial charge in [0.15, 0.2) is 0 Å². The second-order valence-corrected chi connectivity index (χ2v) is 6.40. The summed E-state index contributed by atoms with van der Waals surface area (Å²) >= 11 is 0. The smallest absolute Gasteiger partial charge is 0.125 e. The summed E-state index contributed by atoms with van der Waals surface area (Å²) in [5.41, 5.74) is 2.90. The maximum atomic E-state index is 13.3. The van der Waals surface area contributed by atoms with Crippen molar-refractivity contribution < 1.29 is 9.50 Å². The molecule has 134 valence electrons. The number of rotatable bonds is 4. The molecule has 5 nitrogen and oxygen atoms in total. The molecule has 0 bridgehead atoms. The van der Waals surface area contributed by atoms with Crippen LogP contribution in [0.3, 0.4) is 0 Å². The molecule has 0 aliphatic carbocycles. The first-order valence-electron chi connectivity index (χ1n) is 8.39. The molecule has 1 fully saturated rings. The lowest BCUT2D eigenvalue weighted by Crippen LogP contribution is -2.36. The Kier molecular flexibility index (Phi) is 5.20. The highest BCUT2D eigenvalue weighted by Gasteiger charge is 2.21. The van der Waals surface area contributed by atoms with Gasteiger partial charge in [-0.2, -0.15) is 5.10 Å². The van der Waals surface area contributed by atoms with Crippen LogP contribution in [0.2, 0.25) is 0 Å². The molecule has 1 aromatic carbocycles. The van der Waals surface area contributed by atoms with Crippen LogP contribution < -0.4 is 0 Å². The Balaban J connectivity index is 0.00000182. The number of aromatic amines is 1. The van der Waals surface area contributed by atoms with Crippen molar-refractivity contribution in [1.82, 2.24) is 19.7 Å². The van der Waals surface area contributed by atoms with E-state index < -0.39 is 0 Å². The number of hydrogen-bond donors (Lipinski definition) is 2. The number of fused-ring (bicyclic) bond motifs is 1. The van der Waals surface area contributed by atoms with Gasteiger partial charge in [-0.25, -0.2) is 4.39 Å². The number of β-amino-alcohol motifs (C(OH)–C–C–N with tert-alkyl or cyclic N) is 1. The highest BCUT2D eigenvalue weighted by Crippen LogP contribution is 2.30. The summed E-state index contributed by atoms with van der Waals surface area (Å²) in [6.45, 7) is 2.96. The number of nitrogens with one attached hydrogen (secondary N) is 1. The van der Waals surface area contributed by atoms with Crippen molar-refractivity contribution in [2.75, 3.05) is 26.2 Å². The third-order valence-corrected chi connectivity index (χ3v) is 4.90. The van der Waals surface area contributed by atoms with E-state index in [9.17, 15) is 4.39 Å². The van der Waals surface area contributed by atoms with Crippen LogP contribution in [0.15, 0.2) is 36.8 Å². The van der Waals surface area contributed by atoms with Gasteiger partial charge >= 0.3 is 0 Å². The van der Waals surface area contributed by atoms with E-state index in [1.54, 1.807) is 6.07 Å². The highest BCUT2D eigenvalue weighted by molar-refractivity contribution is 5.95. The first-order chi connectivity index (χ1) is 11.7. The maximum Gasteiger partial charge on any atom is 0.125 e. The van der Waals surface area contributed by atoms with Crippen LogP contribution in [-0.4, -0.2) is 51.0 Å². The zero-order valence-electron chi connectivity index (χ0n) is 13.5. The van der Waals surface area contributed by atoms with E-state index in [4.69, 9.17) is 5.11 Å². The number of piperidine rings is 1. The fourth-order valence-corrected chi connectivity index (χ4v) is 3.56. The molecule has 1 aliphatic rings. The summed E-state index contributed by atoms with van der Waals surface area (Å²) in [4.78, 5) is 5.42. The second kappa shape index (κ2) is 7.37. The quantitative estimate of drug-likeness (QED) is 0.762. The lowest BCUT2D eigenvalue weighted by Gasteiger charge is -2.31. The number of likely N-dealkylation sites (tertiary alicyclic amines) is 1. The molecular formula is C19H25FN4O. The van der Waals surface area contributed by atoms with Gasteiger partial charge in [0.2, 0.25) is 0 Å². The van der Waals surface area contributed by atoms with Gasteiger partial charge in [0.25, 0.3) is 0 Å². The van der Waals surface area contributed by atoms with Gasteiger partial charge < -0.3 is 15.0 Å². The summed E-state index contributed by atoms with van der Waals surface area (Å²) in [6, 6.07) is 5.21. The molecule has 0 atom stereocenters. The summed E-state index contributed by atoms with van der Waals surface area (Å²) < 4.78 is 15.4. The predicted molar refractivity (Wildman–Crippen MR) is 98.0 cm³/mol. The van der Waals surface area contributed by atoms with Crippen LogP contribution in [-0.2, 0) is 0 Å². The van der Waals surface area contributed by atoms with Crippen LogP contribution in [0, 0.1) is 5.82 Å². The van der Waals surface area contributed by atoms with Gasteiger partial charge in [-0.05, 0) is 31.0 Å². The summed E-state index contributed by atoms with van der Waals surface area (Å²) in [5, 5.41) is 14.6. The molecule has 0 spiro atoms. The second-order valence-electron chi connectivity index (χ2n) is 6.40. The van der Waals surface area contributed by atoms with E-state index in [1.807, 2.05) is 17.1 Å². The number of H-pyrrole nitrogens is 1. The van der Waals surface area contributed by atoms with Gasteiger partial charge in [0, 0.05) is 54.1 Å². The summed E-state index contributed by atoms with van der Waals surface area (Å²) in [5.74, 6) is -0.235. The lowest BCUT2D eigenvalue weighted by molar-refractivity contribution is 0.146. The van der Waals surface area contributed by atoms with Crippen LogP contribution in [0.5, 0.6) is 0 Å². The average molecular weight is 344 g/mol. The third kappa shape index (κ3) is 3.45. The Morgan fingerprint density at radius 1 is 1.28 bits per heavy atom. The Hall–Kier alpha value is -2.18. The van der Waals surface area contributed by atoms with Crippen LogP contribution in [0.1, 0.15) is 26.3 Å². The van der Waals surface area contributed by atoms with E-state index in [1.165, 1.54) is 12.1 Å². The molecule has 1 aliphatic heterocycles. The summed E-state index contributed by atoms with van der Waals surface area (Å²) in [7, 11) is 0. The maximum absolute atomic E-state index is 13.3. The van der Waals surface area contributed by atoms with Gasteiger partial charge in [-0.15, -0.1) is 0 Å². The van der Waals surface area contributed by atoms with E-state index in [2.05, 4.69) is 21.2 Å². The molecule has 1 saturated heterocycles. The highest BCUT2D eigenvalue weighted by atomic mass is 19.1. The molecule has 0 saturated carbocycles. The van der Waals surface area contributed by atoms with Crippen LogP contribution in [0.25, 0.3) is 22.0 Å². The van der Waals surface area contributed by atoms with Gasteiger partial charge in [0.05, 0.1) is 18.8 Å². The van der Waals surface area contributed by atoms with E-state index in [-0.39, 0.29) is 19.9 Å². The molecule has 0 unspecified atom stereocenters. The number of aliphatic hydroxyl groups is 1. The lowest BCUT2D eigenvalue weighted by atomic mass is 10.1. The molecule has 2 aromatic heterocycles. The minimum Gasteiger partial charge on any atom is -0.395 e. The molecular weight excluding hydrogens is 319 g/mol. The minimum atomic E-state index is -0.235. The molecule has 4 rings (SSSR count). The fourth-order valence-electron chi connectivity index (χ4n) is 3.56. The number of aromatic nitrogens is 3. The molecule has 3 heterocycles. The largest absolute Gasteiger partial charge is 0.395 e. The minimum absolute atomic E-state index is 0. The molecule has 6 heteroatoms. The van der Waals surface area contributed by atoms with Crippen molar-refractivity contribution in [3.8, 4) is 11.1 Å². The first kappa shape index (κ1) is 17.6. The van der Waals surface area contributed by atoms with Crippen molar-refractivity contribution in [2.45, 2.75) is 26.3 Å². The molecule has 25 heavy (non-hydrogen) atoms. The third-order valence-electron chi connectivity index (χ3n) is 4.90. The van der Waals surface area contributed by atoms with Gasteiger partial charge in [-0.1, -0.05) is 7.43 Å². The van der Waals surface area contributed by atoms with Gasteiger partial charge in [0.1, 0.15) is 5.82 Å². The van der Waals surface area contributed by atoms with Crippen molar-refractivity contribution in [3.05, 3.63) is 42.6 Å². The van der Waals surface area contributed by atoms with Crippen molar-refractivity contribution in [3.63, 3.8) is 0 Å². The van der Waals surface area contributed by atoms with E-state index in [0.29, 0.717) is 6.04 Å². The van der Waals surface area contributed by atoms with Crippen LogP contribution >= 0.6 is 0 Å². The number of benzene rings is 1. The monoisotopic (exact) mass is 344 g/mol. The van der Waals surface area contributed by atoms with Crippen molar-refractivity contribution in [1.29, 1.82) is 0 Å². The summed E-state index contributed by atoms with van der Waals surface area (Å²) in [6.07, 6.45) is 7.96. The molecule has 0 amide bonds. The normalized spacial score (nSPS) is 16.2. The predicted octanol–water partition coefficient (Wildman–Crippen LogP) is 3.44. The van der Waals surface area contributed by atoms with Crippen LogP contribution in [0.4, 0.5) is 4.39 Å². The Morgan fingerprint density at radius 2 is 2.08 bits per heavy atom. The van der Waals surface area contributed by atoms with E-state index in [0.717, 1.165) is 54.5 Å². The number of halogens is 1. The first-order valence-corrected chi connectivity index (χ1v) is 8.39. The SMILES string of the molecule is C.OCCN1CCC(n2cc(-c3c[nH]c4cc(F)ccc34)cn2)CC1. The fraction of sp³-hybridized carbons (Fsp3) is 0.421. The molecule has 0 radical (unpaired) electrons. The standard InChI is InChI=1S/C18H21FN4O.CH4/c19-14-1-2-16-17(11-20-18(16)9-14)13-10-21-23(12-13)15-3-5-22(6-4-15)7-8-24;/h1-2,9-12,15,20,24H,3-8H2;1H4. The van der Waals surface area contributed by atoms with E-state index >= 15 is 0 Å². The molecule has 2 N–H and O–H groups in total. The Labute approximate surface area is 147 Å². The number of hydrogen-bond acceptors (Lipinski definition) is 3. The van der Waals surface area contributed by atoms with Crippen molar-refractivity contribution >= 4 is 10.9 Å². The number of aliphatic hydroxyl groups excluding tert-OH is 1. The zero-order chi connectivity index (χ0) is 16.5. The Morgan fingerprint density at radius 3 is 2.84 bits per heavy atom. The topological polar surface area (TPSA) is 57.1 Å².